The lowest BCUT2D eigenvalue weighted by atomic mass is 10.2. The average Bonchev–Trinajstić information content (AvgIpc) is 3.43. The molecule has 0 spiro atoms. The van der Waals surface area contributed by atoms with Gasteiger partial charge in [0, 0.05) is 30.5 Å². The lowest BCUT2D eigenvalue weighted by Crippen LogP contribution is -2.18. The second kappa shape index (κ2) is 10.4. The molecule has 0 unspecified atom stereocenters. The van der Waals surface area contributed by atoms with Crippen LogP contribution in [0.3, 0.4) is 0 Å². The summed E-state index contributed by atoms with van der Waals surface area (Å²) in [5.41, 5.74) is 2.11. The van der Waals surface area contributed by atoms with Gasteiger partial charge < -0.3 is 9.73 Å². The molecule has 0 atom stereocenters. The van der Waals surface area contributed by atoms with E-state index in [1.807, 2.05) is 6.92 Å². The third kappa shape index (κ3) is 6.05. The van der Waals surface area contributed by atoms with E-state index in [-0.39, 0.29) is 11.8 Å². The molecule has 0 saturated carbocycles. The molecule has 0 aliphatic carbocycles. The number of furan rings is 1. The number of aromatic nitrogens is 3. The summed E-state index contributed by atoms with van der Waals surface area (Å²) in [5, 5.41) is 12.6. The van der Waals surface area contributed by atoms with Crippen LogP contribution in [0.25, 0.3) is 17.5 Å². The molecule has 0 bridgehead atoms. The largest absolute Gasteiger partial charge is 0.458 e. The van der Waals surface area contributed by atoms with Crippen molar-refractivity contribution in [2.24, 2.45) is 0 Å². The number of carbonyl (C=O) groups excluding carboxylic acids is 2. The molecule has 0 aliphatic rings. The Kier molecular flexibility index (Phi) is 7.64. The van der Waals surface area contributed by atoms with Crippen molar-refractivity contribution in [1.82, 2.24) is 20.1 Å². The predicted molar refractivity (Wildman–Crippen MR) is 122 cm³/mol. The molecule has 31 heavy (non-hydrogen) atoms. The van der Waals surface area contributed by atoms with E-state index in [1.54, 1.807) is 28.3 Å². The van der Waals surface area contributed by atoms with Crippen LogP contribution in [0.1, 0.15) is 43.7 Å². The molecule has 3 rings (SSSR count). The Morgan fingerprint density at radius 1 is 1.35 bits per heavy atom. The van der Waals surface area contributed by atoms with E-state index in [0.29, 0.717) is 34.0 Å². The van der Waals surface area contributed by atoms with Crippen molar-refractivity contribution in [2.75, 3.05) is 5.32 Å². The summed E-state index contributed by atoms with van der Waals surface area (Å²) in [7, 11) is 0. The van der Waals surface area contributed by atoms with E-state index in [2.05, 4.69) is 27.6 Å². The van der Waals surface area contributed by atoms with Crippen LogP contribution in [0.5, 0.6) is 0 Å². The highest BCUT2D eigenvalue weighted by atomic mass is 35.5. The number of rotatable bonds is 9. The fourth-order valence-electron chi connectivity index (χ4n) is 2.79. The number of halogens is 1. The molecule has 3 aromatic rings. The summed E-state index contributed by atoms with van der Waals surface area (Å²) < 4.78 is 7.44. The summed E-state index contributed by atoms with van der Waals surface area (Å²) in [6.45, 7) is 6.47. The van der Waals surface area contributed by atoms with Crippen LogP contribution in [0, 0.1) is 6.92 Å². The Bertz CT molecular complexity index is 1100. The Hall–Kier alpha value is -2.91. The third-order valence-electron chi connectivity index (χ3n) is 4.39. The number of hydrogen-bond donors (Lipinski definition) is 2. The van der Waals surface area contributed by atoms with Gasteiger partial charge in [0.15, 0.2) is 10.9 Å². The van der Waals surface area contributed by atoms with Crippen molar-refractivity contribution in [3.05, 3.63) is 45.8 Å². The first-order valence-corrected chi connectivity index (χ1v) is 11.1. The van der Waals surface area contributed by atoms with Gasteiger partial charge in [0.1, 0.15) is 16.6 Å². The lowest BCUT2D eigenvalue weighted by molar-refractivity contribution is -0.119. The fraction of sp³-hybridized carbons (Fsp3) is 0.333. The Labute approximate surface area is 189 Å². The number of unbranched alkanes of at least 4 members (excludes halogenated alkanes) is 1. The molecule has 0 radical (unpaired) electrons. The number of anilines is 1. The Morgan fingerprint density at radius 3 is 2.90 bits per heavy atom. The van der Waals surface area contributed by atoms with Gasteiger partial charge in [-0.3, -0.25) is 19.6 Å². The van der Waals surface area contributed by atoms with E-state index < -0.39 is 0 Å². The molecule has 0 aliphatic heterocycles. The third-order valence-corrected chi connectivity index (χ3v) is 5.55. The van der Waals surface area contributed by atoms with Gasteiger partial charge in [-0.15, -0.1) is 11.3 Å². The normalized spacial score (nSPS) is 11.2. The van der Waals surface area contributed by atoms with Gasteiger partial charge in [-0.1, -0.05) is 24.9 Å². The first kappa shape index (κ1) is 22.8. The Morgan fingerprint density at radius 2 is 2.16 bits per heavy atom. The second-order valence-corrected chi connectivity index (χ2v) is 8.12. The maximum atomic E-state index is 12.3. The highest BCUT2D eigenvalue weighted by Gasteiger charge is 2.13. The number of thiazole rings is 1. The minimum absolute atomic E-state index is 0.130. The minimum atomic E-state index is -0.316. The maximum Gasteiger partial charge on any atom is 0.250 e. The molecule has 2 amide bonds. The van der Waals surface area contributed by atoms with Crippen LogP contribution >= 0.6 is 22.9 Å². The molecule has 3 heterocycles. The second-order valence-electron chi connectivity index (χ2n) is 6.90. The maximum absolute atomic E-state index is 12.3. The van der Waals surface area contributed by atoms with Crippen molar-refractivity contribution >= 4 is 46.0 Å². The zero-order valence-electron chi connectivity index (χ0n) is 17.6. The smallest absolute Gasteiger partial charge is 0.250 e. The minimum Gasteiger partial charge on any atom is -0.458 e. The highest BCUT2D eigenvalue weighted by Crippen LogP contribution is 2.27. The molecule has 3 aromatic heterocycles. The quantitative estimate of drug-likeness (QED) is 0.451. The number of amides is 2. The van der Waals surface area contributed by atoms with E-state index in [9.17, 15) is 9.59 Å². The van der Waals surface area contributed by atoms with Crippen LogP contribution in [-0.2, 0) is 22.7 Å². The summed E-state index contributed by atoms with van der Waals surface area (Å²) in [6.07, 6.45) is 5.12. The summed E-state index contributed by atoms with van der Waals surface area (Å²) >= 11 is 7.69. The zero-order valence-corrected chi connectivity index (χ0v) is 19.1. The standard InChI is InChI=1S/C21H24ClN5O3S/c1-4-5-10-27-20(22)16(13(2)26-27)7-9-19(29)25-21-24-17(12-31-21)18-8-6-15(30-18)11-23-14(3)28/h6-9,12H,4-5,10-11H2,1-3H3,(H,23,28)(H,24,25,29)/b9-7+. The van der Waals surface area contributed by atoms with Crippen molar-refractivity contribution in [2.45, 2.75) is 46.7 Å². The number of nitrogens with one attached hydrogen (secondary N) is 2. The summed E-state index contributed by atoms with van der Waals surface area (Å²) in [6, 6.07) is 3.55. The van der Waals surface area contributed by atoms with Crippen molar-refractivity contribution < 1.29 is 14.0 Å². The number of hydrogen-bond acceptors (Lipinski definition) is 6. The monoisotopic (exact) mass is 461 g/mol. The van der Waals surface area contributed by atoms with Gasteiger partial charge in [0.25, 0.3) is 0 Å². The summed E-state index contributed by atoms with van der Waals surface area (Å²) in [4.78, 5) is 27.7. The van der Waals surface area contributed by atoms with Gasteiger partial charge in [-0.25, -0.2) is 4.98 Å². The molecular weight excluding hydrogens is 438 g/mol. The van der Waals surface area contributed by atoms with Gasteiger partial charge >= 0.3 is 0 Å². The fourth-order valence-corrected chi connectivity index (χ4v) is 3.81. The summed E-state index contributed by atoms with van der Waals surface area (Å²) in [5.74, 6) is 0.742. The van der Waals surface area contributed by atoms with Crippen molar-refractivity contribution in [1.29, 1.82) is 0 Å². The molecule has 0 saturated heterocycles. The van der Waals surface area contributed by atoms with Crippen LogP contribution in [0.4, 0.5) is 5.13 Å². The van der Waals surface area contributed by atoms with Gasteiger partial charge in [0.05, 0.1) is 12.2 Å². The first-order chi connectivity index (χ1) is 14.9. The molecule has 0 fully saturated rings. The van der Waals surface area contributed by atoms with Gasteiger partial charge in [0.2, 0.25) is 11.8 Å². The van der Waals surface area contributed by atoms with Crippen LogP contribution in [0.15, 0.2) is 28.0 Å². The van der Waals surface area contributed by atoms with Gasteiger partial charge in [-0.05, 0) is 31.6 Å². The lowest BCUT2D eigenvalue weighted by Gasteiger charge is -2.00. The van der Waals surface area contributed by atoms with Crippen molar-refractivity contribution in [3.63, 3.8) is 0 Å². The van der Waals surface area contributed by atoms with Gasteiger partial charge in [-0.2, -0.15) is 5.10 Å². The van der Waals surface area contributed by atoms with Crippen LogP contribution in [0.2, 0.25) is 5.15 Å². The molecule has 2 N–H and O–H groups in total. The zero-order chi connectivity index (χ0) is 22.4. The average molecular weight is 462 g/mol. The highest BCUT2D eigenvalue weighted by molar-refractivity contribution is 7.14. The molecule has 10 heteroatoms. The number of carbonyl (C=O) groups is 2. The molecule has 8 nitrogen and oxygen atoms in total. The van der Waals surface area contributed by atoms with E-state index in [4.69, 9.17) is 16.0 Å². The Balaban J connectivity index is 1.61. The molecule has 164 valence electrons. The van der Waals surface area contributed by atoms with E-state index in [1.165, 1.54) is 24.3 Å². The van der Waals surface area contributed by atoms with Crippen molar-refractivity contribution in [3.8, 4) is 11.5 Å². The number of aryl methyl sites for hydroxylation is 2. The molecule has 0 aromatic carbocycles. The predicted octanol–water partition coefficient (Wildman–Crippen LogP) is 4.65. The molecular formula is C21H24ClN5O3S. The first-order valence-electron chi connectivity index (χ1n) is 9.88. The number of nitrogens with zero attached hydrogens (tertiary/aromatic N) is 3. The van der Waals surface area contributed by atoms with E-state index in [0.717, 1.165) is 30.6 Å². The van der Waals surface area contributed by atoms with Crippen LogP contribution in [-0.4, -0.2) is 26.6 Å². The SMILES string of the molecule is CCCCn1nc(C)c(/C=C/C(=O)Nc2nc(-c3ccc(CNC(C)=O)o3)cs2)c1Cl. The van der Waals surface area contributed by atoms with Crippen LogP contribution < -0.4 is 10.6 Å². The van der Waals surface area contributed by atoms with E-state index >= 15 is 0 Å². The topological polar surface area (TPSA) is 102 Å².